The van der Waals surface area contributed by atoms with Crippen LogP contribution in [0, 0.1) is 0 Å². The SMILES string of the molecule is C=CCOC(=O)NNC[C@@H]1C=CCN1C(=O)c1ccccc1. The van der Waals surface area contributed by atoms with E-state index in [4.69, 9.17) is 4.74 Å². The Balaban J connectivity index is 1.83. The summed E-state index contributed by atoms with van der Waals surface area (Å²) in [6, 6.07) is 9.00. The number of benzene rings is 1. The highest BCUT2D eigenvalue weighted by atomic mass is 16.5. The molecule has 22 heavy (non-hydrogen) atoms. The molecule has 6 heteroatoms. The smallest absolute Gasteiger partial charge is 0.421 e. The molecule has 1 atom stereocenters. The Bertz CT molecular complexity index is 557. The van der Waals surface area contributed by atoms with Crippen molar-refractivity contribution >= 4 is 12.0 Å². The van der Waals surface area contributed by atoms with Gasteiger partial charge in [0, 0.05) is 18.7 Å². The van der Waals surface area contributed by atoms with Crippen LogP contribution in [0.15, 0.2) is 55.1 Å². The number of carbonyl (C=O) groups excluding carboxylic acids is 2. The summed E-state index contributed by atoms with van der Waals surface area (Å²) < 4.78 is 4.77. The molecule has 1 aliphatic heterocycles. The van der Waals surface area contributed by atoms with Crippen molar-refractivity contribution in [2.75, 3.05) is 19.7 Å². The number of nitrogens with one attached hydrogen (secondary N) is 2. The first kappa shape index (κ1) is 15.8. The molecule has 116 valence electrons. The highest BCUT2D eigenvalue weighted by Gasteiger charge is 2.25. The lowest BCUT2D eigenvalue weighted by Crippen LogP contribution is -2.47. The van der Waals surface area contributed by atoms with Gasteiger partial charge in [0.1, 0.15) is 6.61 Å². The summed E-state index contributed by atoms with van der Waals surface area (Å²) in [4.78, 5) is 25.4. The van der Waals surface area contributed by atoms with Crippen molar-refractivity contribution in [1.82, 2.24) is 15.8 Å². The molecule has 1 aromatic rings. The summed E-state index contributed by atoms with van der Waals surface area (Å²) in [5.41, 5.74) is 5.83. The minimum absolute atomic E-state index is 0.0355. The van der Waals surface area contributed by atoms with Gasteiger partial charge < -0.3 is 9.64 Å². The van der Waals surface area contributed by atoms with Crippen LogP contribution < -0.4 is 10.9 Å². The van der Waals surface area contributed by atoms with E-state index in [1.165, 1.54) is 6.08 Å². The first-order chi connectivity index (χ1) is 10.7. The van der Waals surface area contributed by atoms with Crippen molar-refractivity contribution in [2.45, 2.75) is 6.04 Å². The lowest BCUT2D eigenvalue weighted by molar-refractivity contribution is 0.0747. The molecule has 1 aliphatic rings. The predicted octanol–water partition coefficient (Wildman–Crippen LogP) is 1.48. The molecule has 0 unspecified atom stereocenters. The van der Waals surface area contributed by atoms with Crippen LogP contribution in [0.1, 0.15) is 10.4 Å². The standard InChI is InChI=1S/C16H19N3O3/c1-2-11-22-16(21)18-17-12-14-9-6-10-19(14)15(20)13-7-4-3-5-8-13/h2-9,14,17H,1,10-12H2,(H,18,21)/t14-/m0/s1. The van der Waals surface area contributed by atoms with Gasteiger partial charge in [-0.25, -0.2) is 10.2 Å². The minimum atomic E-state index is -0.581. The molecule has 6 nitrogen and oxygen atoms in total. The monoisotopic (exact) mass is 301 g/mol. The Labute approximate surface area is 129 Å². The molecule has 0 saturated heterocycles. The number of hydrogen-bond acceptors (Lipinski definition) is 4. The van der Waals surface area contributed by atoms with Gasteiger partial charge >= 0.3 is 6.09 Å². The predicted molar refractivity (Wildman–Crippen MR) is 83.1 cm³/mol. The van der Waals surface area contributed by atoms with E-state index in [2.05, 4.69) is 17.4 Å². The van der Waals surface area contributed by atoms with Crippen LogP contribution in [0.2, 0.25) is 0 Å². The molecule has 1 heterocycles. The highest BCUT2D eigenvalue weighted by Crippen LogP contribution is 2.13. The number of hydrazine groups is 1. The third kappa shape index (κ3) is 4.20. The van der Waals surface area contributed by atoms with Crippen LogP contribution in [0.25, 0.3) is 0 Å². The zero-order chi connectivity index (χ0) is 15.8. The largest absolute Gasteiger partial charge is 0.444 e. The quantitative estimate of drug-likeness (QED) is 0.617. The Morgan fingerprint density at radius 3 is 2.86 bits per heavy atom. The molecule has 2 amide bonds. The van der Waals surface area contributed by atoms with Crippen molar-refractivity contribution < 1.29 is 14.3 Å². The second-order valence-corrected chi connectivity index (χ2v) is 4.71. The second-order valence-electron chi connectivity index (χ2n) is 4.71. The molecule has 0 spiro atoms. The van der Waals surface area contributed by atoms with Crippen LogP contribution in [0.4, 0.5) is 4.79 Å². The molecule has 0 fully saturated rings. The Morgan fingerprint density at radius 2 is 2.14 bits per heavy atom. The van der Waals surface area contributed by atoms with Crippen LogP contribution in [-0.4, -0.2) is 42.6 Å². The second kappa shape index (κ2) is 7.99. The fraction of sp³-hybridized carbons (Fsp3) is 0.250. The molecule has 0 aromatic heterocycles. The van der Waals surface area contributed by atoms with Gasteiger partial charge in [-0.3, -0.25) is 10.2 Å². The highest BCUT2D eigenvalue weighted by molar-refractivity contribution is 5.94. The molecule has 0 aliphatic carbocycles. The molecular weight excluding hydrogens is 282 g/mol. The number of ether oxygens (including phenoxy) is 1. The van der Waals surface area contributed by atoms with Crippen molar-refractivity contribution in [1.29, 1.82) is 0 Å². The number of carbonyl (C=O) groups is 2. The Morgan fingerprint density at radius 1 is 1.36 bits per heavy atom. The molecule has 2 N–H and O–H groups in total. The molecule has 2 rings (SSSR count). The van der Waals surface area contributed by atoms with E-state index in [-0.39, 0.29) is 18.6 Å². The summed E-state index contributed by atoms with van der Waals surface area (Å²) in [6.07, 6.45) is 4.77. The zero-order valence-corrected chi connectivity index (χ0v) is 12.2. The van der Waals surface area contributed by atoms with Crippen molar-refractivity contribution in [2.24, 2.45) is 0 Å². The topological polar surface area (TPSA) is 70.7 Å². The van der Waals surface area contributed by atoms with E-state index in [0.717, 1.165) is 0 Å². The maximum Gasteiger partial charge on any atom is 0.421 e. The van der Waals surface area contributed by atoms with Crippen molar-refractivity contribution in [3.63, 3.8) is 0 Å². The van der Waals surface area contributed by atoms with Gasteiger partial charge in [0.2, 0.25) is 0 Å². The molecule has 0 bridgehead atoms. The van der Waals surface area contributed by atoms with Gasteiger partial charge in [0.15, 0.2) is 0 Å². The van der Waals surface area contributed by atoms with E-state index >= 15 is 0 Å². The average Bonchev–Trinajstić information content (AvgIpc) is 3.01. The van der Waals surface area contributed by atoms with Gasteiger partial charge in [-0.05, 0) is 12.1 Å². The van der Waals surface area contributed by atoms with Crippen molar-refractivity contribution in [3.05, 3.63) is 60.7 Å². The number of hydrogen-bond donors (Lipinski definition) is 2. The van der Waals surface area contributed by atoms with Crippen molar-refractivity contribution in [3.8, 4) is 0 Å². The fourth-order valence-corrected chi connectivity index (χ4v) is 2.13. The summed E-state index contributed by atoms with van der Waals surface area (Å²) in [7, 11) is 0. The third-order valence-electron chi connectivity index (χ3n) is 3.18. The van der Waals surface area contributed by atoms with Crippen LogP contribution >= 0.6 is 0 Å². The van der Waals surface area contributed by atoms with E-state index in [0.29, 0.717) is 18.7 Å². The van der Waals surface area contributed by atoms with Gasteiger partial charge in [-0.2, -0.15) is 0 Å². The van der Waals surface area contributed by atoms with Crippen LogP contribution in [-0.2, 0) is 4.74 Å². The minimum Gasteiger partial charge on any atom is -0.444 e. The van der Waals surface area contributed by atoms with Gasteiger partial charge in [-0.15, -0.1) is 0 Å². The van der Waals surface area contributed by atoms with E-state index in [1.54, 1.807) is 17.0 Å². The maximum absolute atomic E-state index is 12.4. The van der Waals surface area contributed by atoms with E-state index in [9.17, 15) is 9.59 Å². The zero-order valence-electron chi connectivity index (χ0n) is 12.2. The van der Waals surface area contributed by atoms with Crippen LogP contribution in [0.5, 0.6) is 0 Å². The molecule has 1 aromatic carbocycles. The lowest BCUT2D eigenvalue weighted by atomic mass is 10.2. The van der Waals surface area contributed by atoms with E-state index < -0.39 is 6.09 Å². The Hall–Kier alpha value is -2.60. The molecule has 0 radical (unpaired) electrons. The number of amides is 2. The maximum atomic E-state index is 12.4. The summed E-state index contributed by atoms with van der Waals surface area (Å²) in [5.74, 6) is -0.0355. The fourth-order valence-electron chi connectivity index (χ4n) is 2.13. The van der Waals surface area contributed by atoms with Gasteiger partial charge in [0.05, 0.1) is 6.04 Å². The normalized spacial score (nSPS) is 16.4. The summed E-state index contributed by atoms with van der Waals surface area (Å²) >= 11 is 0. The molecular formula is C16H19N3O3. The first-order valence-electron chi connectivity index (χ1n) is 7.01. The number of nitrogens with zero attached hydrogens (tertiary/aromatic N) is 1. The summed E-state index contributed by atoms with van der Waals surface area (Å²) in [6.45, 7) is 4.56. The van der Waals surface area contributed by atoms with Gasteiger partial charge in [0.25, 0.3) is 5.91 Å². The molecule has 0 saturated carbocycles. The first-order valence-corrected chi connectivity index (χ1v) is 7.01. The number of rotatable bonds is 6. The van der Waals surface area contributed by atoms with E-state index in [1.807, 2.05) is 30.4 Å². The van der Waals surface area contributed by atoms with Gasteiger partial charge in [-0.1, -0.05) is 43.0 Å². The average molecular weight is 301 g/mol. The Kier molecular flexibility index (Phi) is 5.73. The lowest BCUT2D eigenvalue weighted by Gasteiger charge is -2.25. The van der Waals surface area contributed by atoms with Crippen LogP contribution in [0.3, 0.4) is 0 Å². The summed E-state index contributed by atoms with van der Waals surface area (Å²) in [5, 5.41) is 0. The third-order valence-corrected chi connectivity index (χ3v) is 3.18.